The molecule has 0 unspecified atom stereocenters. The molecule has 29 heavy (non-hydrogen) atoms. The lowest BCUT2D eigenvalue weighted by Gasteiger charge is -2.32. The standard InChI is InChI=1S/C21H33N7.HI/c1-5-22-21(26(3)15-20-24-16-25-27(20)4)23-14-18-6-8-19(9-7-18)28-12-10-17(2)11-13-28;/h6-9,16-17H,5,10-15H2,1-4H3,(H,22,23);1H. The maximum atomic E-state index is 4.81. The Hall–Kier alpha value is -1.84. The second-order valence-electron chi connectivity index (χ2n) is 7.66. The van der Waals surface area contributed by atoms with Crippen LogP contribution in [0.2, 0.25) is 0 Å². The molecule has 2 aromatic rings. The lowest BCUT2D eigenvalue weighted by atomic mass is 9.99. The summed E-state index contributed by atoms with van der Waals surface area (Å²) in [5, 5.41) is 7.50. The highest BCUT2D eigenvalue weighted by molar-refractivity contribution is 14.0. The Labute approximate surface area is 191 Å². The van der Waals surface area contributed by atoms with Crippen molar-refractivity contribution in [3.8, 4) is 0 Å². The Morgan fingerprint density at radius 3 is 2.52 bits per heavy atom. The average molecular weight is 511 g/mol. The minimum atomic E-state index is 0. The smallest absolute Gasteiger partial charge is 0.194 e. The Kier molecular flexibility index (Phi) is 9.19. The van der Waals surface area contributed by atoms with Gasteiger partial charge in [-0.3, -0.25) is 4.68 Å². The van der Waals surface area contributed by atoms with E-state index in [2.05, 4.69) is 63.3 Å². The molecular formula is C21H34IN7. The summed E-state index contributed by atoms with van der Waals surface area (Å²) in [6, 6.07) is 8.86. The van der Waals surface area contributed by atoms with Crippen LogP contribution in [0.15, 0.2) is 35.6 Å². The van der Waals surface area contributed by atoms with E-state index in [9.17, 15) is 0 Å². The number of guanidine groups is 1. The Morgan fingerprint density at radius 1 is 1.24 bits per heavy atom. The summed E-state index contributed by atoms with van der Waals surface area (Å²) < 4.78 is 1.79. The molecular weight excluding hydrogens is 477 g/mol. The van der Waals surface area contributed by atoms with Gasteiger partial charge in [-0.05, 0) is 43.4 Å². The number of hydrogen-bond acceptors (Lipinski definition) is 4. The van der Waals surface area contributed by atoms with E-state index >= 15 is 0 Å². The van der Waals surface area contributed by atoms with Crippen molar-refractivity contribution in [1.29, 1.82) is 0 Å². The first-order chi connectivity index (χ1) is 13.6. The van der Waals surface area contributed by atoms with Crippen LogP contribution in [0.25, 0.3) is 0 Å². The van der Waals surface area contributed by atoms with E-state index in [-0.39, 0.29) is 24.0 Å². The first kappa shape index (κ1) is 23.4. The molecule has 8 heteroatoms. The van der Waals surface area contributed by atoms with Crippen molar-refractivity contribution in [2.24, 2.45) is 18.0 Å². The molecule has 0 aliphatic carbocycles. The van der Waals surface area contributed by atoms with Gasteiger partial charge in [0.05, 0.1) is 13.1 Å². The fourth-order valence-corrected chi connectivity index (χ4v) is 3.47. The van der Waals surface area contributed by atoms with Crippen molar-refractivity contribution in [3.63, 3.8) is 0 Å². The third-order valence-corrected chi connectivity index (χ3v) is 5.38. The van der Waals surface area contributed by atoms with Gasteiger partial charge in [0.25, 0.3) is 0 Å². The Bertz CT molecular complexity index is 764. The van der Waals surface area contributed by atoms with Crippen molar-refractivity contribution < 1.29 is 0 Å². The van der Waals surface area contributed by atoms with Crippen LogP contribution >= 0.6 is 24.0 Å². The van der Waals surface area contributed by atoms with E-state index in [0.29, 0.717) is 13.1 Å². The highest BCUT2D eigenvalue weighted by Crippen LogP contribution is 2.23. The molecule has 0 amide bonds. The fourth-order valence-electron chi connectivity index (χ4n) is 3.47. The molecule has 1 saturated heterocycles. The number of anilines is 1. The van der Waals surface area contributed by atoms with Crippen LogP contribution in [0.1, 0.15) is 38.1 Å². The number of aryl methyl sites for hydroxylation is 1. The van der Waals surface area contributed by atoms with Gasteiger partial charge >= 0.3 is 0 Å². The number of piperidine rings is 1. The summed E-state index contributed by atoms with van der Waals surface area (Å²) in [7, 11) is 3.93. The molecule has 1 aromatic carbocycles. The lowest BCUT2D eigenvalue weighted by molar-refractivity contribution is 0.438. The van der Waals surface area contributed by atoms with Gasteiger partial charge in [0.2, 0.25) is 0 Å². The second-order valence-corrected chi connectivity index (χ2v) is 7.66. The Balaban J connectivity index is 0.00000300. The third kappa shape index (κ3) is 6.58. The normalized spacial score (nSPS) is 15.2. The number of rotatable bonds is 6. The monoisotopic (exact) mass is 511 g/mol. The van der Waals surface area contributed by atoms with E-state index in [1.807, 2.05) is 14.1 Å². The highest BCUT2D eigenvalue weighted by Gasteiger charge is 2.16. The van der Waals surface area contributed by atoms with Gasteiger partial charge in [0, 0.05) is 39.4 Å². The maximum absolute atomic E-state index is 4.81. The number of aliphatic imine (C=N–C) groups is 1. The van der Waals surface area contributed by atoms with E-state index < -0.39 is 0 Å². The van der Waals surface area contributed by atoms with Crippen molar-refractivity contribution in [2.45, 2.75) is 39.8 Å². The molecule has 1 fully saturated rings. The molecule has 160 valence electrons. The summed E-state index contributed by atoms with van der Waals surface area (Å²) >= 11 is 0. The van der Waals surface area contributed by atoms with Crippen molar-refractivity contribution in [2.75, 3.05) is 31.6 Å². The number of hydrogen-bond donors (Lipinski definition) is 1. The zero-order chi connectivity index (χ0) is 19.9. The molecule has 0 saturated carbocycles. The van der Waals surface area contributed by atoms with Crippen molar-refractivity contribution >= 4 is 35.6 Å². The minimum absolute atomic E-state index is 0. The summed E-state index contributed by atoms with van der Waals surface area (Å²) in [5.74, 6) is 2.64. The van der Waals surface area contributed by atoms with Crippen LogP contribution in [-0.2, 0) is 20.1 Å². The molecule has 0 atom stereocenters. The van der Waals surface area contributed by atoms with Gasteiger partial charge in [0.15, 0.2) is 5.96 Å². The molecule has 0 bridgehead atoms. The summed E-state index contributed by atoms with van der Waals surface area (Å²) in [6.07, 6.45) is 4.16. The predicted molar refractivity (Wildman–Crippen MR) is 130 cm³/mol. The number of nitrogens with zero attached hydrogens (tertiary/aromatic N) is 6. The van der Waals surface area contributed by atoms with Crippen molar-refractivity contribution in [3.05, 3.63) is 42.0 Å². The van der Waals surface area contributed by atoms with Gasteiger partial charge in [0.1, 0.15) is 12.2 Å². The molecule has 1 N–H and O–H groups in total. The van der Waals surface area contributed by atoms with Gasteiger partial charge in [-0.25, -0.2) is 9.98 Å². The lowest BCUT2D eigenvalue weighted by Crippen LogP contribution is -2.39. The average Bonchev–Trinajstić information content (AvgIpc) is 3.10. The van der Waals surface area contributed by atoms with Crippen molar-refractivity contribution in [1.82, 2.24) is 25.0 Å². The molecule has 1 aliphatic rings. The van der Waals surface area contributed by atoms with Gasteiger partial charge in [-0.2, -0.15) is 5.10 Å². The van der Waals surface area contributed by atoms with Gasteiger partial charge in [-0.15, -0.1) is 24.0 Å². The quantitative estimate of drug-likeness (QED) is 0.367. The molecule has 1 aliphatic heterocycles. The number of aromatic nitrogens is 3. The van der Waals surface area contributed by atoms with E-state index in [1.165, 1.54) is 24.1 Å². The third-order valence-electron chi connectivity index (χ3n) is 5.38. The Morgan fingerprint density at radius 2 is 1.93 bits per heavy atom. The zero-order valence-corrected chi connectivity index (χ0v) is 20.3. The van der Waals surface area contributed by atoms with Gasteiger partial charge in [-0.1, -0.05) is 19.1 Å². The highest BCUT2D eigenvalue weighted by atomic mass is 127. The molecule has 7 nitrogen and oxygen atoms in total. The molecule has 3 rings (SSSR count). The van der Waals surface area contributed by atoms with Crippen LogP contribution in [-0.4, -0.2) is 52.3 Å². The topological polar surface area (TPSA) is 61.6 Å². The SMILES string of the molecule is CCNC(=NCc1ccc(N2CCC(C)CC2)cc1)N(C)Cc1ncnn1C.I. The number of halogens is 1. The van der Waals surface area contributed by atoms with Crippen LogP contribution in [0.4, 0.5) is 5.69 Å². The minimum Gasteiger partial charge on any atom is -0.372 e. The van der Waals surface area contributed by atoms with E-state index in [0.717, 1.165) is 37.3 Å². The van der Waals surface area contributed by atoms with Gasteiger partial charge < -0.3 is 15.1 Å². The summed E-state index contributed by atoms with van der Waals surface area (Å²) in [4.78, 5) is 13.7. The number of benzene rings is 1. The van der Waals surface area contributed by atoms with Crippen LogP contribution in [0, 0.1) is 5.92 Å². The fraction of sp³-hybridized carbons (Fsp3) is 0.571. The summed E-state index contributed by atoms with van der Waals surface area (Å²) in [6.45, 7) is 8.90. The molecule has 2 heterocycles. The summed E-state index contributed by atoms with van der Waals surface area (Å²) in [5.41, 5.74) is 2.54. The van der Waals surface area contributed by atoms with E-state index in [4.69, 9.17) is 4.99 Å². The zero-order valence-electron chi connectivity index (χ0n) is 18.0. The maximum Gasteiger partial charge on any atom is 0.194 e. The second kappa shape index (κ2) is 11.4. The van der Waals surface area contributed by atoms with Crippen LogP contribution in [0.5, 0.6) is 0 Å². The van der Waals surface area contributed by atoms with E-state index in [1.54, 1.807) is 11.0 Å². The van der Waals surface area contributed by atoms with Crippen LogP contribution < -0.4 is 10.2 Å². The number of nitrogens with one attached hydrogen (secondary N) is 1. The predicted octanol–water partition coefficient (Wildman–Crippen LogP) is 3.27. The molecule has 1 aromatic heterocycles. The largest absolute Gasteiger partial charge is 0.372 e. The first-order valence-electron chi connectivity index (χ1n) is 10.2. The molecule has 0 radical (unpaired) electrons. The molecule has 0 spiro atoms. The first-order valence-corrected chi connectivity index (χ1v) is 10.2. The van der Waals surface area contributed by atoms with Crippen LogP contribution in [0.3, 0.4) is 0 Å².